The summed E-state index contributed by atoms with van der Waals surface area (Å²) >= 11 is 0. The number of anilines is 1. The molecular formula is C18H16FNO4. The first-order valence-electron chi connectivity index (χ1n) is 7.21. The molecule has 0 unspecified atom stereocenters. The Bertz CT molecular complexity index is 784. The summed E-state index contributed by atoms with van der Waals surface area (Å²) in [7, 11) is 0. The minimum atomic E-state index is -0.553. The van der Waals surface area contributed by atoms with Crippen molar-refractivity contribution in [3.05, 3.63) is 59.4 Å². The Balaban J connectivity index is 1.98. The molecule has 0 aromatic heterocycles. The number of ketones is 2. The minimum absolute atomic E-state index is 0.0655. The number of carbonyl (C=O) groups excluding carboxylic acids is 3. The molecule has 0 heterocycles. The first-order valence-corrected chi connectivity index (χ1v) is 7.21. The van der Waals surface area contributed by atoms with Gasteiger partial charge in [-0.2, -0.15) is 0 Å². The first-order chi connectivity index (χ1) is 11.4. The standard InChI is InChI=1S/C18H16FNO4/c1-11(21)13-3-6-15(7-4-13)20-18(23)10-24-17-8-5-14(19)9-16(17)12(2)22/h3-9H,10H2,1-2H3,(H,20,23). The van der Waals surface area contributed by atoms with E-state index < -0.39 is 11.7 Å². The van der Waals surface area contributed by atoms with E-state index in [0.29, 0.717) is 11.3 Å². The second-order valence-corrected chi connectivity index (χ2v) is 5.17. The Labute approximate surface area is 138 Å². The number of amides is 1. The second-order valence-electron chi connectivity index (χ2n) is 5.17. The largest absolute Gasteiger partial charge is 0.483 e. The molecule has 0 aliphatic carbocycles. The maximum Gasteiger partial charge on any atom is 0.262 e. The van der Waals surface area contributed by atoms with Crippen molar-refractivity contribution >= 4 is 23.2 Å². The predicted octanol–water partition coefficient (Wildman–Crippen LogP) is 3.25. The van der Waals surface area contributed by atoms with Gasteiger partial charge in [0.1, 0.15) is 11.6 Å². The lowest BCUT2D eigenvalue weighted by Gasteiger charge is -2.10. The van der Waals surface area contributed by atoms with Crippen LogP contribution < -0.4 is 10.1 Å². The number of carbonyl (C=O) groups is 3. The molecule has 0 bridgehead atoms. The molecule has 0 aliphatic rings. The smallest absolute Gasteiger partial charge is 0.262 e. The maximum atomic E-state index is 13.2. The Morgan fingerprint density at radius 3 is 2.25 bits per heavy atom. The van der Waals surface area contributed by atoms with E-state index in [-0.39, 0.29) is 29.5 Å². The summed E-state index contributed by atoms with van der Waals surface area (Å²) in [5, 5.41) is 2.60. The molecule has 0 radical (unpaired) electrons. The van der Waals surface area contributed by atoms with E-state index in [2.05, 4.69) is 5.32 Å². The first kappa shape index (κ1) is 17.3. The van der Waals surface area contributed by atoms with E-state index in [1.807, 2.05) is 0 Å². The quantitative estimate of drug-likeness (QED) is 0.826. The summed E-state index contributed by atoms with van der Waals surface area (Å²) in [6.45, 7) is 2.41. The number of rotatable bonds is 6. The zero-order valence-corrected chi connectivity index (χ0v) is 13.3. The molecule has 2 aromatic rings. The Morgan fingerprint density at radius 1 is 1.00 bits per heavy atom. The highest BCUT2D eigenvalue weighted by Gasteiger charge is 2.12. The van der Waals surface area contributed by atoms with E-state index in [1.54, 1.807) is 24.3 Å². The van der Waals surface area contributed by atoms with E-state index in [1.165, 1.54) is 19.9 Å². The number of benzene rings is 2. The van der Waals surface area contributed by atoms with Gasteiger partial charge < -0.3 is 10.1 Å². The normalized spacial score (nSPS) is 10.1. The molecule has 5 nitrogen and oxygen atoms in total. The van der Waals surface area contributed by atoms with Gasteiger partial charge in [0.25, 0.3) is 5.91 Å². The third-order valence-corrected chi connectivity index (χ3v) is 3.25. The lowest BCUT2D eigenvalue weighted by atomic mass is 10.1. The van der Waals surface area contributed by atoms with Gasteiger partial charge in [0.15, 0.2) is 18.2 Å². The van der Waals surface area contributed by atoms with E-state index in [9.17, 15) is 18.8 Å². The average molecular weight is 329 g/mol. The molecule has 0 fully saturated rings. The molecule has 0 saturated carbocycles. The summed E-state index contributed by atoms with van der Waals surface area (Å²) in [6, 6.07) is 9.94. The molecule has 2 rings (SSSR count). The van der Waals surface area contributed by atoms with Crippen molar-refractivity contribution in [2.24, 2.45) is 0 Å². The predicted molar refractivity (Wildman–Crippen MR) is 87.0 cm³/mol. The summed E-state index contributed by atoms with van der Waals surface area (Å²) in [4.78, 5) is 34.5. The van der Waals surface area contributed by atoms with Crippen LogP contribution in [0.3, 0.4) is 0 Å². The van der Waals surface area contributed by atoms with Gasteiger partial charge in [0, 0.05) is 11.3 Å². The Kier molecular flexibility index (Phi) is 5.42. The molecule has 0 atom stereocenters. The molecule has 0 spiro atoms. The highest BCUT2D eigenvalue weighted by atomic mass is 19.1. The van der Waals surface area contributed by atoms with Crippen LogP contribution in [0.2, 0.25) is 0 Å². The third kappa shape index (κ3) is 4.49. The molecule has 0 aliphatic heterocycles. The zero-order chi connectivity index (χ0) is 17.7. The van der Waals surface area contributed by atoms with Crippen LogP contribution in [0.4, 0.5) is 10.1 Å². The van der Waals surface area contributed by atoms with Crippen molar-refractivity contribution in [1.82, 2.24) is 0 Å². The van der Waals surface area contributed by atoms with Crippen LogP contribution in [0.15, 0.2) is 42.5 Å². The molecule has 124 valence electrons. The lowest BCUT2D eigenvalue weighted by molar-refractivity contribution is -0.118. The Morgan fingerprint density at radius 2 is 1.67 bits per heavy atom. The topological polar surface area (TPSA) is 72.5 Å². The van der Waals surface area contributed by atoms with Crippen LogP contribution in [0.1, 0.15) is 34.6 Å². The Hall–Kier alpha value is -3.02. The van der Waals surface area contributed by atoms with Crippen molar-refractivity contribution in [3.63, 3.8) is 0 Å². The summed E-state index contributed by atoms with van der Waals surface area (Å²) in [6.07, 6.45) is 0. The third-order valence-electron chi connectivity index (χ3n) is 3.25. The number of hydrogen-bond donors (Lipinski definition) is 1. The van der Waals surface area contributed by atoms with Crippen molar-refractivity contribution in [1.29, 1.82) is 0 Å². The fourth-order valence-corrected chi connectivity index (χ4v) is 2.03. The van der Waals surface area contributed by atoms with Crippen LogP contribution in [0.5, 0.6) is 5.75 Å². The second kappa shape index (κ2) is 7.50. The molecule has 24 heavy (non-hydrogen) atoms. The summed E-state index contributed by atoms with van der Waals surface area (Å²) in [5.74, 6) is -1.27. The number of Topliss-reactive ketones (excluding diaryl/α,β-unsaturated/α-hetero) is 2. The van der Waals surface area contributed by atoms with Crippen LogP contribution in [0, 0.1) is 5.82 Å². The molecule has 1 N–H and O–H groups in total. The molecule has 1 amide bonds. The van der Waals surface area contributed by atoms with Gasteiger partial charge >= 0.3 is 0 Å². The van der Waals surface area contributed by atoms with E-state index in [4.69, 9.17) is 4.74 Å². The van der Waals surface area contributed by atoms with E-state index >= 15 is 0 Å². The number of halogens is 1. The summed E-state index contributed by atoms with van der Waals surface area (Å²) < 4.78 is 18.5. The van der Waals surface area contributed by atoms with Gasteiger partial charge in [-0.25, -0.2) is 4.39 Å². The number of hydrogen-bond acceptors (Lipinski definition) is 4. The van der Waals surface area contributed by atoms with Crippen molar-refractivity contribution in [2.45, 2.75) is 13.8 Å². The molecule has 2 aromatic carbocycles. The van der Waals surface area contributed by atoms with Gasteiger partial charge in [-0.15, -0.1) is 0 Å². The molecular weight excluding hydrogens is 313 g/mol. The molecule has 6 heteroatoms. The highest BCUT2D eigenvalue weighted by Crippen LogP contribution is 2.20. The zero-order valence-electron chi connectivity index (χ0n) is 13.3. The number of nitrogens with one attached hydrogen (secondary N) is 1. The van der Waals surface area contributed by atoms with Gasteiger partial charge in [-0.05, 0) is 56.3 Å². The van der Waals surface area contributed by atoms with Gasteiger partial charge in [-0.1, -0.05) is 0 Å². The minimum Gasteiger partial charge on any atom is -0.483 e. The number of ether oxygens (including phenoxy) is 1. The maximum absolute atomic E-state index is 13.2. The van der Waals surface area contributed by atoms with E-state index in [0.717, 1.165) is 12.1 Å². The van der Waals surface area contributed by atoms with Crippen LogP contribution in [0.25, 0.3) is 0 Å². The SMILES string of the molecule is CC(=O)c1ccc(NC(=O)COc2ccc(F)cc2C(C)=O)cc1. The van der Waals surface area contributed by atoms with Gasteiger partial charge in [0.2, 0.25) is 0 Å². The van der Waals surface area contributed by atoms with Crippen LogP contribution in [-0.4, -0.2) is 24.1 Å². The monoisotopic (exact) mass is 329 g/mol. The average Bonchev–Trinajstić information content (AvgIpc) is 2.54. The summed E-state index contributed by atoms with van der Waals surface area (Å²) in [5.41, 5.74) is 1.13. The highest BCUT2D eigenvalue weighted by molar-refractivity contribution is 5.97. The van der Waals surface area contributed by atoms with Crippen molar-refractivity contribution < 1.29 is 23.5 Å². The van der Waals surface area contributed by atoms with Crippen molar-refractivity contribution in [3.8, 4) is 5.75 Å². The van der Waals surface area contributed by atoms with Crippen LogP contribution >= 0.6 is 0 Å². The van der Waals surface area contributed by atoms with Crippen molar-refractivity contribution in [2.75, 3.05) is 11.9 Å². The fourth-order valence-electron chi connectivity index (χ4n) is 2.03. The fraction of sp³-hybridized carbons (Fsp3) is 0.167. The van der Waals surface area contributed by atoms with Gasteiger partial charge in [-0.3, -0.25) is 14.4 Å². The molecule has 0 saturated heterocycles. The lowest BCUT2D eigenvalue weighted by Crippen LogP contribution is -2.20. The van der Waals surface area contributed by atoms with Crippen LogP contribution in [-0.2, 0) is 4.79 Å². The van der Waals surface area contributed by atoms with Gasteiger partial charge in [0.05, 0.1) is 5.56 Å².